The van der Waals surface area contributed by atoms with Crippen LogP contribution in [0.15, 0.2) is 48.8 Å². The monoisotopic (exact) mass is 421 g/mol. The maximum absolute atomic E-state index is 13.2. The average molecular weight is 422 g/mol. The average Bonchev–Trinajstić information content (AvgIpc) is 3.08. The summed E-state index contributed by atoms with van der Waals surface area (Å²) in [7, 11) is 1.47. The first kappa shape index (κ1) is 18.9. The molecule has 0 atom stereocenters. The van der Waals surface area contributed by atoms with Gasteiger partial charge in [-0.2, -0.15) is 17.7 Å². The molecule has 0 fully saturated rings. The minimum absolute atomic E-state index is 0.00767. The lowest BCUT2D eigenvalue weighted by atomic mass is 10.0. The van der Waals surface area contributed by atoms with E-state index >= 15 is 0 Å². The van der Waals surface area contributed by atoms with Crippen molar-refractivity contribution in [3.63, 3.8) is 0 Å². The van der Waals surface area contributed by atoms with Gasteiger partial charge in [-0.05, 0) is 41.9 Å². The van der Waals surface area contributed by atoms with Crippen molar-refractivity contribution in [2.45, 2.75) is 6.18 Å². The molecule has 11 heteroatoms. The van der Waals surface area contributed by atoms with Gasteiger partial charge in [-0.1, -0.05) is 0 Å². The number of ether oxygens (including phenoxy) is 2. The number of benzene rings is 1. The van der Waals surface area contributed by atoms with Crippen LogP contribution in [0.25, 0.3) is 16.8 Å². The Morgan fingerprint density at radius 3 is 2.62 bits per heavy atom. The maximum atomic E-state index is 13.2. The number of alkyl halides is 3. The molecule has 0 spiro atoms. The van der Waals surface area contributed by atoms with Crippen LogP contribution in [0.5, 0.6) is 17.4 Å². The number of hydrogen-bond donors (Lipinski definition) is 0. The number of hydrogen-bond acceptors (Lipinski definition) is 6. The standard InChI is InChI=1S/C18H11ClF3N5O2/c1-28-12-6-10(8-23-9-12)13-3-2-11(18(20,21)22)7-14(13)29-16-5-4-15-24-25-17(19)27(15)26-16/h2-9H,1H3. The smallest absolute Gasteiger partial charge is 0.416 e. The van der Waals surface area contributed by atoms with Crippen molar-refractivity contribution in [1.29, 1.82) is 0 Å². The molecule has 0 saturated heterocycles. The fraction of sp³-hybridized carbons (Fsp3) is 0.111. The fourth-order valence-corrected chi connectivity index (χ4v) is 2.77. The molecule has 0 aliphatic rings. The highest BCUT2D eigenvalue weighted by Crippen LogP contribution is 2.39. The molecule has 7 nitrogen and oxygen atoms in total. The molecule has 3 heterocycles. The van der Waals surface area contributed by atoms with E-state index in [-0.39, 0.29) is 16.9 Å². The topological polar surface area (TPSA) is 74.4 Å². The molecule has 4 rings (SSSR count). The van der Waals surface area contributed by atoms with Crippen LogP contribution in [0.2, 0.25) is 5.28 Å². The summed E-state index contributed by atoms with van der Waals surface area (Å²) in [5, 5.41) is 11.6. The highest BCUT2D eigenvalue weighted by molar-refractivity contribution is 6.28. The normalized spacial score (nSPS) is 11.6. The van der Waals surface area contributed by atoms with Gasteiger partial charge in [-0.25, -0.2) is 0 Å². The number of methoxy groups -OCH3 is 1. The number of halogens is 4. The van der Waals surface area contributed by atoms with E-state index in [1.165, 1.54) is 42.2 Å². The van der Waals surface area contributed by atoms with Crippen LogP contribution in [0, 0.1) is 0 Å². The minimum atomic E-state index is -4.54. The van der Waals surface area contributed by atoms with Crippen molar-refractivity contribution >= 4 is 17.2 Å². The van der Waals surface area contributed by atoms with Gasteiger partial charge in [0.1, 0.15) is 11.5 Å². The number of pyridine rings is 1. The van der Waals surface area contributed by atoms with Crippen LogP contribution < -0.4 is 9.47 Å². The fourth-order valence-electron chi connectivity index (χ4n) is 2.61. The molecule has 148 valence electrons. The first-order valence-electron chi connectivity index (χ1n) is 8.11. The van der Waals surface area contributed by atoms with Gasteiger partial charge < -0.3 is 9.47 Å². The van der Waals surface area contributed by atoms with E-state index in [2.05, 4.69) is 20.3 Å². The molecule has 0 aliphatic heterocycles. The van der Waals surface area contributed by atoms with Crippen LogP contribution in [-0.2, 0) is 6.18 Å². The summed E-state index contributed by atoms with van der Waals surface area (Å²) < 4.78 is 51.7. The molecule has 3 aromatic heterocycles. The van der Waals surface area contributed by atoms with Crippen molar-refractivity contribution in [2.24, 2.45) is 0 Å². The Kier molecular flexibility index (Phi) is 4.71. The van der Waals surface area contributed by atoms with Gasteiger partial charge in [0.15, 0.2) is 5.65 Å². The Balaban J connectivity index is 1.82. The summed E-state index contributed by atoms with van der Waals surface area (Å²) in [4.78, 5) is 4.04. The molecule has 29 heavy (non-hydrogen) atoms. The summed E-state index contributed by atoms with van der Waals surface area (Å²) >= 11 is 5.89. The third-order valence-electron chi connectivity index (χ3n) is 3.98. The second-order valence-electron chi connectivity index (χ2n) is 5.83. The maximum Gasteiger partial charge on any atom is 0.416 e. The Hall–Kier alpha value is -3.40. The first-order valence-corrected chi connectivity index (χ1v) is 8.49. The highest BCUT2D eigenvalue weighted by Gasteiger charge is 2.31. The van der Waals surface area contributed by atoms with Gasteiger partial charge >= 0.3 is 6.18 Å². The number of nitrogens with zero attached hydrogens (tertiary/aromatic N) is 5. The van der Waals surface area contributed by atoms with Gasteiger partial charge in [0, 0.05) is 23.4 Å². The highest BCUT2D eigenvalue weighted by atomic mass is 35.5. The SMILES string of the molecule is COc1cncc(-c2ccc(C(F)(F)F)cc2Oc2ccc3nnc(Cl)n3n2)c1. The van der Waals surface area contributed by atoms with Gasteiger partial charge in [-0.15, -0.1) is 15.3 Å². The van der Waals surface area contributed by atoms with Gasteiger partial charge in [0.25, 0.3) is 0 Å². The van der Waals surface area contributed by atoms with E-state index < -0.39 is 11.7 Å². The quantitative estimate of drug-likeness (QED) is 0.477. The lowest BCUT2D eigenvalue weighted by Gasteiger charge is -2.14. The second kappa shape index (κ2) is 7.21. The van der Waals surface area contributed by atoms with Gasteiger partial charge in [0.2, 0.25) is 11.2 Å². The number of aromatic nitrogens is 5. The van der Waals surface area contributed by atoms with Crippen molar-refractivity contribution in [3.05, 3.63) is 59.6 Å². The van der Waals surface area contributed by atoms with E-state index in [1.54, 1.807) is 6.07 Å². The predicted molar refractivity (Wildman–Crippen MR) is 97.1 cm³/mol. The molecular weight excluding hydrogens is 411 g/mol. The summed E-state index contributed by atoms with van der Waals surface area (Å²) in [6.45, 7) is 0. The number of rotatable bonds is 4. The van der Waals surface area contributed by atoms with Crippen LogP contribution >= 0.6 is 11.6 Å². The Morgan fingerprint density at radius 1 is 1.03 bits per heavy atom. The van der Waals surface area contributed by atoms with Crippen LogP contribution in [0.4, 0.5) is 13.2 Å². The molecule has 0 radical (unpaired) electrons. The molecular formula is C18H11ClF3N5O2. The van der Waals surface area contributed by atoms with Crippen LogP contribution in [-0.4, -0.2) is 31.9 Å². The molecule has 0 saturated carbocycles. The zero-order valence-corrected chi connectivity index (χ0v) is 15.4. The summed E-state index contributed by atoms with van der Waals surface area (Å²) in [5.41, 5.74) is 0.386. The third kappa shape index (κ3) is 3.79. The Bertz CT molecular complexity index is 1200. The molecule has 0 amide bonds. The van der Waals surface area contributed by atoms with Gasteiger partial charge in [-0.3, -0.25) is 4.98 Å². The van der Waals surface area contributed by atoms with E-state index in [0.29, 0.717) is 22.5 Å². The molecule has 0 aliphatic carbocycles. The van der Waals surface area contributed by atoms with E-state index in [4.69, 9.17) is 21.1 Å². The molecule has 0 N–H and O–H groups in total. The van der Waals surface area contributed by atoms with Crippen molar-refractivity contribution in [1.82, 2.24) is 24.8 Å². The van der Waals surface area contributed by atoms with E-state index in [1.807, 2.05) is 0 Å². The van der Waals surface area contributed by atoms with Gasteiger partial charge in [0.05, 0.1) is 18.9 Å². The summed E-state index contributed by atoms with van der Waals surface area (Å²) in [5.74, 6) is 0.394. The lowest BCUT2D eigenvalue weighted by molar-refractivity contribution is -0.137. The lowest BCUT2D eigenvalue weighted by Crippen LogP contribution is -2.05. The minimum Gasteiger partial charge on any atom is -0.495 e. The Morgan fingerprint density at radius 2 is 1.86 bits per heavy atom. The van der Waals surface area contributed by atoms with E-state index in [9.17, 15) is 13.2 Å². The first-order chi connectivity index (χ1) is 13.8. The molecule has 4 aromatic rings. The van der Waals surface area contributed by atoms with Crippen molar-refractivity contribution < 1.29 is 22.6 Å². The molecule has 0 bridgehead atoms. The predicted octanol–water partition coefficient (Wildman–Crippen LogP) is 4.66. The number of fused-ring (bicyclic) bond motifs is 1. The second-order valence-corrected chi connectivity index (χ2v) is 6.17. The largest absolute Gasteiger partial charge is 0.495 e. The zero-order chi connectivity index (χ0) is 20.6. The molecule has 1 aromatic carbocycles. The molecule has 0 unspecified atom stereocenters. The summed E-state index contributed by atoms with van der Waals surface area (Å²) in [6.07, 6.45) is -1.57. The van der Waals surface area contributed by atoms with E-state index in [0.717, 1.165) is 12.1 Å². The van der Waals surface area contributed by atoms with Crippen LogP contribution in [0.3, 0.4) is 0 Å². The van der Waals surface area contributed by atoms with Crippen molar-refractivity contribution in [3.8, 4) is 28.5 Å². The van der Waals surface area contributed by atoms with Crippen molar-refractivity contribution in [2.75, 3.05) is 7.11 Å². The van der Waals surface area contributed by atoms with Crippen LogP contribution in [0.1, 0.15) is 5.56 Å². The zero-order valence-electron chi connectivity index (χ0n) is 14.7. The third-order valence-corrected chi connectivity index (χ3v) is 4.22. The summed E-state index contributed by atoms with van der Waals surface area (Å²) in [6, 6.07) is 7.79. The Labute approximate surface area is 166 Å².